The molecule has 1 fully saturated rings. The van der Waals surface area contributed by atoms with Gasteiger partial charge in [-0.3, -0.25) is 4.79 Å². The van der Waals surface area contributed by atoms with Crippen LogP contribution in [-0.4, -0.2) is 36.5 Å². The molecule has 6 nitrogen and oxygen atoms in total. The first-order valence-corrected chi connectivity index (χ1v) is 8.23. The van der Waals surface area contributed by atoms with E-state index in [0.29, 0.717) is 25.3 Å². The zero-order valence-corrected chi connectivity index (χ0v) is 13.0. The third-order valence-electron chi connectivity index (χ3n) is 3.61. The maximum atomic E-state index is 11.9. The standard InChI is InChI=1S/C14H20N2O4S/c1-14(2)13(17)16(21(14,18)19)8-3-9-20-12-6-4-11(10-15)5-7-12/h4-7H,3,8-10,15H2,1-2H3. The molecule has 1 aromatic carbocycles. The number of rotatable bonds is 6. The van der Waals surface area contributed by atoms with E-state index in [4.69, 9.17) is 10.5 Å². The van der Waals surface area contributed by atoms with Crippen molar-refractivity contribution in [2.24, 2.45) is 5.73 Å². The first-order chi connectivity index (χ1) is 9.80. The Hall–Kier alpha value is -1.60. The molecule has 1 aliphatic heterocycles. The maximum absolute atomic E-state index is 11.9. The number of sulfonamides is 1. The van der Waals surface area contributed by atoms with Crippen molar-refractivity contribution in [3.05, 3.63) is 29.8 Å². The predicted molar refractivity (Wildman–Crippen MR) is 79.2 cm³/mol. The smallest absolute Gasteiger partial charge is 0.258 e. The van der Waals surface area contributed by atoms with Crippen LogP contribution in [0.4, 0.5) is 0 Å². The molecule has 0 aliphatic carbocycles. The van der Waals surface area contributed by atoms with Gasteiger partial charge in [0.1, 0.15) is 5.75 Å². The van der Waals surface area contributed by atoms with Gasteiger partial charge in [-0.25, -0.2) is 12.7 Å². The minimum absolute atomic E-state index is 0.158. The number of amides is 1. The molecular weight excluding hydrogens is 292 g/mol. The molecule has 0 unspecified atom stereocenters. The molecular formula is C14H20N2O4S. The lowest BCUT2D eigenvalue weighted by molar-refractivity contribution is -0.132. The van der Waals surface area contributed by atoms with E-state index in [9.17, 15) is 13.2 Å². The summed E-state index contributed by atoms with van der Waals surface area (Å²) >= 11 is 0. The monoisotopic (exact) mass is 312 g/mol. The number of carbonyl (C=O) groups excluding carboxylic acids is 1. The first-order valence-electron chi connectivity index (χ1n) is 6.79. The van der Waals surface area contributed by atoms with E-state index in [0.717, 1.165) is 9.87 Å². The summed E-state index contributed by atoms with van der Waals surface area (Å²) in [6, 6.07) is 7.39. The van der Waals surface area contributed by atoms with Crippen molar-refractivity contribution >= 4 is 15.9 Å². The molecule has 0 radical (unpaired) electrons. The Labute approximate surface area is 124 Å². The van der Waals surface area contributed by atoms with Gasteiger partial charge >= 0.3 is 0 Å². The molecule has 1 aromatic rings. The van der Waals surface area contributed by atoms with Gasteiger partial charge in [-0.15, -0.1) is 0 Å². The second-order valence-corrected chi connectivity index (χ2v) is 7.85. The summed E-state index contributed by atoms with van der Waals surface area (Å²) in [5, 5.41) is 0. The quantitative estimate of drug-likeness (QED) is 0.787. The normalized spacial score (nSPS) is 19.2. The lowest BCUT2D eigenvalue weighted by Gasteiger charge is -2.43. The Morgan fingerprint density at radius 3 is 2.38 bits per heavy atom. The van der Waals surface area contributed by atoms with Crippen molar-refractivity contribution in [1.82, 2.24) is 4.31 Å². The minimum Gasteiger partial charge on any atom is -0.494 e. The third-order valence-corrected chi connectivity index (χ3v) is 6.00. The summed E-state index contributed by atoms with van der Waals surface area (Å²) in [5.74, 6) is 0.347. The van der Waals surface area contributed by atoms with Crippen LogP contribution >= 0.6 is 0 Å². The van der Waals surface area contributed by atoms with Gasteiger partial charge < -0.3 is 10.5 Å². The van der Waals surface area contributed by atoms with Gasteiger partial charge in [-0.05, 0) is 31.5 Å². The fourth-order valence-corrected chi connectivity index (χ4v) is 3.66. The Balaban J connectivity index is 1.79. The summed E-state index contributed by atoms with van der Waals surface area (Å²) < 4.78 is 28.9. The Morgan fingerprint density at radius 2 is 1.86 bits per heavy atom. The molecule has 0 bridgehead atoms. The molecule has 2 N–H and O–H groups in total. The van der Waals surface area contributed by atoms with Gasteiger partial charge in [-0.1, -0.05) is 12.1 Å². The molecule has 116 valence electrons. The average molecular weight is 312 g/mol. The Bertz CT molecular complexity index is 623. The number of carbonyl (C=O) groups is 1. The van der Waals surface area contributed by atoms with Crippen molar-refractivity contribution in [2.75, 3.05) is 13.2 Å². The topological polar surface area (TPSA) is 89.7 Å². The molecule has 21 heavy (non-hydrogen) atoms. The zero-order valence-electron chi connectivity index (χ0n) is 12.2. The summed E-state index contributed by atoms with van der Waals surface area (Å²) in [6.07, 6.45) is 0.458. The summed E-state index contributed by atoms with van der Waals surface area (Å²) in [7, 11) is -3.49. The van der Waals surface area contributed by atoms with E-state index in [1.54, 1.807) is 0 Å². The SMILES string of the molecule is CC1(C)C(=O)N(CCCOc2ccc(CN)cc2)S1(=O)=O. The molecule has 1 aliphatic rings. The highest BCUT2D eigenvalue weighted by Gasteiger charge is 2.59. The zero-order chi connectivity index (χ0) is 15.7. The summed E-state index contributed by atoms with van der Waals surface area (Å²) in [6.45, 7) is 3.84. The molecule has 0 spiro atoms. The van der Waals surface area contributed by atoms with E-state index in [1.807, 2.05) is 24.3 Å². The van der Waals surface area contributed by atoms with Crippen LogP contribution in [0.2, 0.25) is 0 Å². The van der Waals surface area contributed by atoms with Crippen molar-refractivity contribution in [3.8, 4) is 5.75 Å². The second kappa shape index (κ2) is 5.65. The van der Waals surface area contributed by atoms with E-state index in [2.05, 4.69) is 0 Å². The van der Waals surface area contributed by atoms with Crippen LogP contribution in [0.5, 0.6) is 5.75 Å². The van der Waals surface area contributed by atoms with Crippen molar-refractivity contribution in [1.29, 1.82) is 0 Å². The van der Waals surface area contributed by atoms with Crippen LogP contribution < -0.4 is 10.5 Å². The predicted octanol–water partition coefficient (Wildman–Crippen LogP) is 0.865. The molecule has 2 rings (SSSR count). The molecule has 0 aromatic heterocycles. The lowest BCUT2D eigenvalue weighted by atomic mass is 10.2. The van der Waals surface area contributed by atoms with Gasteiger partial charge in [-0.2, -0.15) is 0 Å². The molecule has 0 atom stereocenters. The number of ether oxygens (including phenoxy) is 1. The maximum Gasteiger partial charge on any atom is 0.258 e. The number of nitrogens with two attached hydrogens (primary N) is 1. The van der Waals surface area contributed by atoms with Crippen molar-refractivity contribution < 1.29 is 17.9 Å². The largest absolute Gasteiger partial charge is 0.494 e. The minimum atomic E-state index is -3.49. The molecule has 7 heteroatoms. The van der Waals surface area contributed by atoms with Crippen LogP contribution in [0.1, 0.15) is 25.8 Å². The summed E-state index contributed by atoms with van der Waals surface area (Å²) in [4.78, 5) is 11.7. The van der Waals surface area contributed by atoms with Crippen LogP contribution in [0.3, 0.4) is 0 Å². The Morgan fingerprint density at radius 1 is 1.24 bits per heavy atom. The van der Waals surface area contributed by atoms with Gasteiger partial charge in [0.25, 0.3) is 15.9 Å². The van der Waals surface area contributed by atoms with Crippen molar-refractivity contribution in [2.45, 2.75) is 31.6 Å². The highest BCUT2D eigenvalue weighted by Crippen LogP contribution is 2.34. The number of nitrogens with zero attached hydrogens (tertiary/aromatic N) is 1. The first kappa shape index (κ1) is 15.8. The molecule has 0 saturated carbocycles. The fraction of sp³-hybridized carbons (Fsp3) is 0.500. The van der Waals surface area contributed by atoms with Crippen LogP contribution in [0, 0.1) is 0 Å². The van der Waals surface area contributed by atoms with Gasteiger partial charge in [0, 0.05) is 19.5 Å². The average Bonchev–Trinajstić information content (AvgIpc) is 2.46. The van der Waals surface area contributed by atoms with Gasteiger partial charge in [0.05, 0.1) is 6.61 Å². The van der Waals surface area contributed by atoms with Crippen LogP contribution in [-0.2, 0) is 21.4 Å². The molecule has 1 heterocycles. The molecule has 1 amide bonds. The van der Waals surface area contributed by atoms with E-state index < -0.39 is 14.8 Å². The summed E-state index contributed by atoms with van der Waals surface area (Å²) in [5.41, 5.74) is 6.52. The van der Waals surface area contributed by atoms with Crippen LogP contribution in [0.15, 0.2) is 24.3 Å². The second-order valence-electron chi connectivity index (χ2n) is 5.44. The number of benzene rings is 1. The highest BCUT2D eigenvalue weighted by atomic mass is 32.2. The fourth-order valence-electron chi connectivity index (χ4n) is 2.10. The van der Waals surface area contributed by atoms with Gasteiger partial charge in [0.15, 0.2) is 4.75 Å². The van der Waals surface area contributed by atoms with Gasteiger partial charge in [0.2, 0.25) is 0 Å². The van der Waals surface area contributed by atoms with E-state index in [1.165, 1.54) is 13.8 Å². The lowest BCUT2D eigenvalue weighted by Crippen LogP contribution is -2.67. The highest BCUT2D eigenvalue weighted by molar-refractivity contribution is 7.94. The van der Waals surface area contributed by atoms with E-state index in [-0.39, 0.29) is 12.5 Å². The number of hydrogen-bond acceptors (Lipinski definition) is 5. The van der Waals surface area contributed by atoms with Crippen molar-refractivity contribution in [3.63, 3.8) is 0 Å². The third kappa shape index (κ3) is 2.75. The van der Waals surface area contributed by atoms with Crippen LogP contribution in [0.25, 0.3) is 0 Å². The Kier molecular flexibility index (Phi) is 4.25. The molecule has 1 saturated heterocycles. The number of hydrogen-bond donors (Lipinski definition) is 1. The van der Waals surface area contributed by atoms with E-state index >= 15 is 0 Å².